The summed E-state index contributed by atoms with van der Waals surface area (Å²) in [4.78, 5) is 36.1. The Hall–Kier alpha value is -3.61. The van der Waals surface area contributed by atoms with E-state index in [0.717, 1.165) is 16.7 Å². The van der Waals surface area contributed by atoms with E-state index in [2.05, 4.69) is 0 Å². The Morgan fingerprint density at radius 1 is 1.00 bits per heavy atom. The van der Waals surface area contributed by atoms with Gasteiger partial charge in [-0.15, -0.1) is 0 Å². The van der Waals surface area contributed by atoms with Crippen LogP contribution in [0.3, 0.4) is 0 Å². The monoisotopic (exact) mass is 410 g/mol. The molecule has 3 aromatic rings. The van der Waals surface area contributed by atoms with Crippen molar-refractivity contribution in [2.45, 2.75) is 27.7 Å². The van der Waals surface area contributed by atoms with Gasteiger partial charge in [0.15, 0.2) is 6.61 Å². The molecule has 0 unspecified atom stereocenters. The van der Waals surface area contributed by atoms with E-state index >= 15 is 0 Å². The summed E-state index contributed by atoms with van der Waals surface area (Å²) in [7, 11) is 0. The van der Waals surface area contributed by atoms with Gasteiger partial charge in [0.1, 0.15) is 22.6 Å². The number of hydrogen-bond acceptors (Lipinski definition) is 7. The highest BCUT2D eigenvalue weighted by Crippen LogP contribution is 2.26. The highest BCUT2D eigenvalue weighted by atomic mass is 16.6. The lowest BCUT2D eigenvalue weighted by atomic mass is 10.1. The summed E-state index contributed by atoms with van der Waals surface area (Å²) in [6, 6.07) is 9.84. The van der Waals surface area contributed by atoms with Crippen LogP contribution in [0.2, 0.25) is 0 Å². The third-order valence-electron chi connectivity index (χ3n) is 4.64. The molecular weight excluding hydrogens is 388 g/mol. The molecule has 0 spiro atoms. The van der Waals surface area contributed by atoms with Crippen LogP contribution in [0.25, 0.3) is 11.0 Å². The second kappa shape index (κ2) is 8.82. The Bertz CT molecular complexity index is 1170. The first-order valence-electron chi connectivity index (χ1n) is 9.45. The van der Waals surface area contributed by atoms with E-state index in [-0.39, 0.29) is 30.1 Å². The second-order valence-electron chi connectivity index (χ2n) is 6.78. The van der Waals surface area contributed by atoms with E-state index < -0.39 is 17.6 Å². The van der Waals surface area contributed by atoms with E-state index in [1.165, 1.54) is 12.1 Å². The Morgan fingerprint density at radius 3 is 2.47 bits per heavy atom. The number of fused-ring (bicyclic) bond motifs is 1. The molecule has 7 nitrogen and oxygen atoms in total. The summed E-state index contributed by atoms with van der Waals surface area (Å²) < 4.78 is 21.0. The highest BCUT2D eigenvalue weighted by molar-refractivity contribution is 5.93. The maximum absolute atomic E-state index is 12.2. The number of rotatable bonds is 6. The van der Waals surface area contributed by atoms with Gasteiger partial charge in [-0.3, -0.25) is 0 Å². The van der Waals surface area contributed by atoms with E-state index in [1.54, 1.807) is 19.1 Å². The van der Waals surface area contributed by atoms with Crippen molar-refractivity contribution in [1.29, 1.82) is 0 Å². The van der Waals surface area contributed by atoms with Crippen molar-refractivity contribution >= 4 is 22.9 Å². The maximum atomic E-state index is 12.2. The van der Waals surface area contributed by atoms with Crippen LogP contribution in [0.1, 0.15) is 34.0 Å². The molecule has 156 valence electrons. The summed E-state index contributed by atoms with van der Waals surface area (Å²) >= 11 is 0. The predicted molar refractivity (Wildman–Crippen MR) is 110 cm³/mol. The highest BCUT2D eigenvalue weighted by Gasteiger charge is 2.16. The number of carbonyl (C=O) groups excluding carboxylic acids is 2. The van der Waals surface area contributed by atoms with E-state index in [9.17, 15) is 14.4 Å². The SMILES string of the molecule is CCOC(=O)c1cc2ccc(OC(=O)COc3c(C)ccc(C)c3C)cc2oc1=O. The molecule has 0 atom stereocenters. The maximum Gasteiger partial charge on any atom is 0.351 e. The third kappa shape index (κ3) is 4.51. The topological polar surface area (TPSA) is 92.0 Å². The van der Waals surface area contributed by atoms with E-state index in [1.807, 2.05) is 32.9 Å². The Labute approximate surface area is 173 Å². The minimum Gasteiger partial charge on any atom is -0.481 e. The standard InChI is InChI=1S/C23H22O7/c1-5-27-22(25)18-10-16-8-9-17(11-19(16)30-23(18)26)29-20(24)12-28-21-14(3)7-6-13(2)15(21)4/h6-11H,5,12H2,1-4H3. The van der Waals surface area contributed by atoms with Gasteiger partial charge in [0.2, 0.25) is 0 Å². The summed E-state index contributed by atoms with van der Waals surface area (Å²) in [6.45, 7) is 7.33. The zero-order valence-corrected chi connectivity index (χ0v) is 17.2. The van der Waals surface area contributed by atoms with E-state index in [0.29, 0.717) is 11.1 Å². The Morgan fingerprint density at radius 2 is 1.73 bits per heavy atom. The average Bonchev–Trinajstić information content (AvgIpc) is 2.70. The van der Waals surface area contributed by atoms with Gasteiger partial charge in [-0.25, -0.2) is 14.4 Å². The number of ether oxygens (including phenoxy) is 3. The molecule has 0 aliphatic carbocycles. The number of hydrogen-bond donors (Lipinski definition) is 0. The fourth-order valence-electron chi connectivity index (χ4n) is 2.95. The first-order valence-corrected chi connectivity index (χ1v) is 9.45. The molecular formula is C23H22O7. The molecule has 30 heavy (non-hydrogen) atoms. The van der Waals surface area contributed by atoms with Gasteiger partial charge in [-0.05, 0) is 62.6 Å². The lowest BCUT2D eigenvalue weighted by Crippen LogP contribution is -2.18. The van der Waals surface area contributed by atoms with Crippen LogP contribution in [0, 0.1) is 20.8 Å². The molecule has 0 fully saturated rings. The molecule has 0 radical (unpaired) electrons. The van der Waals surface area contributed by atoms with Crippen LogP contribution in [0.4, 0.5) is 0 Å². The second-order valence-corrected chi connectivity index (χ2v) is 6.78. The predicted octanol–water partition coefficient (Wildman–Crippen LogP) is 3.88. The van der Waals surface area contributed by atoms with E-state index in [4.69, 9.17) is 18.6 Å². The molecule has 0 aliphatic heterocycles. The van der Waals surface area contributed by atoms with Gasteiger partial charge < -0.3 is 18.6 Å². The van der Waals surface area contributed by atoms with Crippen molar-refractivity contribution in [1.82, 2.24) is 0 Å². The van der Waals surface area contributed by atoms with Crippen molar-refractivity contribution in [3.05, 3.63) is 69.1 Å². The van der Waals surface area contributed by atoms with Gasteiger partial charge in [0.05, 0.1) is 6.61 Å². The number of benzene rings is 2. The fraction of sp³-hybridized carbons (Fsp3) is 0.261. The Kier molecular flexibility index (Phi) is 6.20. The molecule has 0 saturated carbocycles. The van der Waals surface area contributed by atoms with Gasteiger partial charge in [-0.1, -0.05) is 12.1 Å². The fourth-order valence-corrected chi connectivity index (χ4v) is 2.95. The smallest absolute Gasteiger partial charge is 0.351 e. The third-order valence-corrected chi connectivity index (χ3v) is 4.64. The van der Waals surface area contributed by atoms with Crippen molar-refractivity contribution in [3.8, 4) is 11.5 Å². The van der Waals surface area contributed by atoms with Gasteiger partial charge in [0, 0.05) is 11.5 Å². The zero-order chi connectivity index (χ0) is 21.8. The Balaban J connectivity index is 1.74. The molecule has 1 aromatic heterocycles. The van der Waals surface area contributed by atoms with Crippen LogP contribution in [-0.4, -0.2) is 25.2 Å². The molecule has 7 heteroatoms. The number of aryl methyl sites for hydroxylation is 2. The lowest BCUT2D eigenvalue weighted by Gasteiger charge is -2.13. The molecule has 0 bridgehead atoms. The molecule has 0 aliphatic rings. The summed E-state index contributed by atoms with van der Waals surface area (Å²) in [5, 5.41) is 0.500. The summed E-state index contributed by atoms with van der Waals surface area (Å²) in [5.74, 6) is -0.494. The van der Waals surface area contributed by atoms with Gasteiger partial charge in [-0.2, -0.15) is 0 Å². The first kappa shape index (κ1) is 21.1. The molecule has 0 saturated heterocycles. The van der Waals surface area contributed by atoms with Crippen LogP contribution in [0.15, 0.2) is 45.6 Å². The molecule has 0 N–H and O–H groups in total. The number of carbonyl (C=O) groups is 2. The minimum absolute atomic E-state index is 0.148. The number of esters is 2. The minimum atomic E-state index is -0.821. The molecule has 2 aromatic carbocycles. The van der Waals surface area contributed by atoms with Crippen molar-refractivity contribution in [2.24, 2.45) is 0 Å². The van der Waals surface area contributed by atoms with Gasteiger partial charge in [0.25, 0.3) is 0 Å². The average molecular weight is 410 g/mol. The normalized spacial score (nSPS) is 10.7. The first-order chi connectivity index (χ1) is 14.3. The lowest BCUT2D eigenvalue weighted by molar-refractivity contribution is -0.136. The van der Waals surface area contributed by atoms with Crippen molar-refractivity contribution in [3.63, 3.8) is 0 Å². The van der Waals surface area contributed by atoms with Crippen LogP contribution < -0.4 is 15.1 Å². The molecule has 3 rings (SSSR count). The van der Waals surface area contributed by atoms with Crippen LogP contribution in [0.5, 0.6) is 11.5 Å². The summed E-state index contributed by atoms with van der Waals surface area (Å²) in [6.07, 6.45) is 0. The van der Waals surface area contributed by atoms with Crippen LogP contribution in [-0.2, 0) is 9.53 Å². The molecule has 1 heterocycles. The van der Waals surface area contributed by atoms with Crippen molar-refractivity contribution in [2.75, 3.05) is 13.2 Å². The van der Waals surface area contributed by atoms with Crippen LogP contribution >= 0.6 is 0 Å². The van der Waals surface area contributed by atoms with Crippen molar-refractivity contribution < 1.29 is 28.2 Å². The summed E-state index contributed by atoms with van der Waals surface area (Å²) in [5.41, 5.74) is 2.13. The quantitative estimate of drug-likeness (QED) is 0.346. The largest absolute Gasteiger partial charge is 0.481 e. The molecule has 0 amide bonds. The zero-order valence-electron chi connectivity index (χ0n) is 17.2. The van der Waals surface area contributed by atoms with Gasteiger partial charge >= 0.3 is 17.6 Å².